The van der Waals surface area contributed by atoms with Crippen molar-refractivity contribution < 1.29 is 4.79 Å². The Labute approximate surface area is 145 Å². The van der Waals surface area contributed by atoms with Gasteiger partial charge in [-0.15, -0.1) is 0 Å². The van der Waals surface area contributed by atoms with Crippen LogP contribution in [-0.2, 0) is 6.42 Å². The third-order valence-electron chi connectivity index (χ3n) is 4.59. The summed E-state index contributed by atoms with van der Waals surface area (Å²) in [6, 6.07) is 8.12. The first kappa shape index (κ1) is 18.3. The molecular weight excluding hydrogens is 304 g/mol. The van der Waals surface area contributed by atoms with E-state index < -0.39 is 0 Å². The Hall–Kier alpha value is -1.00. The van der Waals surface area contributed by atoms with E-state index in [1.807, 2.05) is 18.4 Å². The molecule has 0 spiro atoms. The van der Waals surface area contributed by atoms with Crippen LogP contribution in [0.15, 0.2) is 24.3 Å². The number of unbranched alkanes of at least 4 members (excludes halogenated alkanes) is 1. The van der Waals surface area contributed by atoms with Crippen LogP contribution in [0.2, 0.25) is 0 Å². The molecule has 1 fully saturated rings. The maximum absolute atomic E-state index is 11.9. The van der Waals surface area contributed by atoms with Crippen LogP contribution in [0.25, 0.3) is 0 Å². The summed E-state index contributed by atoms with van der Waals surface area (Å²) in [7, 11) is 0. The molecule has 1 aromatic rings. The van der Waals surface area contributed by atoms with E-state index in [-0.39, 0.29) is 5.91 Å². The van der Waals surface area contributed by atoms with E-state index in [0.717, 1.165) is 30.2 Å². The van der Waals surface area contributed by atoms with Gasteiger partial charge in [0.15, 0.2) is 0 Å². The Morgan fingerprint density at radius 3 is 2.65 bits per heavy atom. The van der Waals surface area contributed by atoms with Gasteiger partial charge >= 0.3 is 0 Å². The second-order valence-corrected chi connectivity index (χ2v) is 7.37. The molecule has 0 aromatic heterocycles. The van der Waals surface area contributed by atoms with Crippen LogP contribution in [0.1, 0.15) is 48.0 Å². The van der Waals surface area contributed by atoms with E-state index in [1.165, 1.54) is 50.8 Å². The van der Waals surface area contributed by atoms with Crippen LogP contribution in [0.3, 0.4) is 0 Å². The molecular formula is C19H30N2OS. The fraction of sp³-hybridized carbons (Fsp3) is 0.632. The van der Waals surface area contributed by atoms with E-state index in [2.05, 4.69) is 22.8 Å². The van der Waals surface area contributed by atoms with Gasteiger partial charge in [0.1, 0.15) is 0 Å². The Morgan fingerprint density at radius 1 is 1.22 bits per heavy atom. The van der Waals surface area contributed by atoms with Gasteiger partial charge in [-0.3, -0.25) is 4.79 Å². The zero-order valence-electron chi connectivity index (χ0n) is 14.3. The maximum Gasteiger partial charge on any atom is 0.251 e. The van der Waals surface area contributed by atoms with E-state index in [9.17, 15) is 4.79 Å². The normalized spacial score (nSPS) is 15.5. The third-order valence-corrected chi connectivity index (χ3v) is 5.21. The highest BCUT2D eigenvalue weighted by atomic mass is 32.2. The van der Waals surface area contributed by atoms with Crippen molar-refractivity contribution in [3.05, 3.63) is 35.4 Å². The van der Waals surface area contributed by atoms with E-state index in [1.54, 1.807) is 11.8 Å². The largest absolute Gasteiger partial charge is 0.351 e. The lowest BCUT2D eigenvalue weighted by atomic mass is 9.92. The van der Waals surface area contributed by atoms with Gasteiger partial charge in [0.05, 0.1) is 0 Å². The van der Waals surface area contributed by atoms with Crippen molar-refractivity contribution in [3.8, 4) is 0 Å². The van der Waals surface area contributed by atoms with Gasteiger partial charge in [-0.05, 0) is 68.6 Å². The molecule has 0 saturated carbocycles. The fourth-order valence-corrected chi connectivity index (χ4v) is 3.43. The minimum atomic E-state index is 0.0384. The number of hydrogen-bond acceptors (Lipinski definition) is 3. The summed E-state index contributed by atoms with van der Waals surface area (Å²) in [6.07, 6.45) is 9.81. The number of thioether (sulfide) groups is 1. The van der Waals surface area contributed by atoms with Crippen molar-refractivity contribution in [3.63, 3.8) is 0 Å². The van der Waals surface area contributed by atoms with Crippen LogP contribution in [0.4, 0.5) is 0 Å². The van der Waals surface area contributed by atoms with Gasteiger partial charge in [0.25, 0.3) is 5.91 Å². The van der Waals surface area contributed by atoms with Crippen molar-refractivity contribution in [2.75, 3.05) is 31.6 Å². The molecule has 1 aliphatic heterocycles. The predicted octanol–water partition coefficient (Wildman–Crippen LogP) is 3.49. The minimum absolute atomic E-state index is 0.0384. The number of hydrogen-bond donors (Lipinski definition) is 2. The second-order valence-electron chi connectivity index (χ2n) is 6.38. The highest BCUT2D eigenvalue weighted by Crippen LogP contribution is 2.19. The number of benzene rings is 1. The zero-order chi connectivity index (χ0) is 16.3. The Kier molecular flexibility index (Phi) is 8.54. The molecule has 128 valence electrons. The van der Waals surface area contributed by atoms with Crippen molar-refractivity contribution in [2.24, 2.45) is 5.92 Å². The standard InChI is InChI=1S/C19H30N2OS/c1-23-15-14-21-19(22)18-8-6-16(7-9-18)4-2-3-5-17-10-12-20-13-11-17/h6-9,17,20H,2-5,10-15H2,1H3,(H,21,22). The number of rotatable bonds is 9. The minimum Gasteiger partial charge on any atom is -0.351 e. The van der Waals surface area contributed by atoms with Crippen LogP contribution >= 0.6 is 11.8 Å². The predicted molar refractivity (Wildman–Crippen MR) is 100 cm³/mol. The number of nitrogens with one attached hydrogen (secondary N) is 2. The Bertz CT molecular complexity index is 455. The molecule has 1 amide bonds. The molecule has 23 heavy (non-hydrogen) atoms. The molecule has 0 aliphatic carbocycles. The van der Waals surface area contributed by atoms with Crippen LogP contribution in [0, 0.1) is 5.92 Å². The Balaban J connectivity index is 1.65. The SMILES string of the molecule is CSCCNC(=O)c1ccc(CCCCC2CCNCC2)cc1. The average molecular weight is 335 g/mol. The summed E-state index contributed by atoms with van der Waals surface area (Å²) in [6.45, 7) is 3.13. The van der Waals surface area contributed by atoms with Gasteiger partial charge in [-0.25, -0.2) is 0 Å². The number of amides is 1. The van der Waals surface area contributed by atoms with Gasteiger partial charge in [-0.2, -0.15) is 11.8 Å². The molecule has 0 radical (unpaired) electrons. The molecule has 0 atom stereocenters. The summed E-state index contributed by atoms with van der Waals surface area (Å²) in [5, 5.41) is 6.37. The topological polar surface area (TPSA) is 41.1 Å². The monoisotopic (exact) mass is 334 g/mol. The lowest BCUT2D eigenvalue weighted by molar-refractivity contribution is 0.0956. The second kappa shape index (κ2) is 10.7. The van der Waals surface area contributed by atoms with Gasteiger partial charge in [0.2, 0.25) is 0 Å². The molecule has 0 unspecified atom stereocenters. The number of aryl methyl sites for hydroxylation is 1. The molecule has 1 aromatic carbocycles. The number of piperidine rings is 1. The summed E-state index contributed by atoms with van der Waals surface area (Å²) in [5.41, 5.74) is 2.11. The lowest BCUT2D eigenvalue weighted by Gasteiger charge is -2.22. The number of carbonyl (C=O) groups excluding carboxylic acids is 1. The molecule has 1 heterocycles. The molecule has 2 N–H and O–H groups in total. The van der Waals surface area contributed by atoms with Crippen LogP contribution < -0.4 is 10.6 Å². The van der Waals surface area contributed by atoms with Crippen LogP contribution in [0.5, 0.6) is 0 Å². The molecule has 3 nitrogen and oxygen atoms in total. The average Bonchev–Trinajstić information content (AvgIpc) is 2.60. The molecule has 1 aliphatic rings. The van der Waals surface area contributed by atoms with Crippen molar-refractivity contribution >= 4 is 17.7 Å². The molecule has 4 heteroatoms. The van der Waals surface area contributed by atoms with Crippen molar-refractivity contribution in [1.29, 1.82) is 0 Å². The van der Waals surface area contributed by atoms with Crippen LogP contribution in [-0.4, -0.2) is 37.6 Å². The smallest absolute Gasteiger partial charge is 0.251 e. The first-order chi connectivity index (χ1) is 11.3. The molecule has 2 rings (SSSR count). The third kappa shape index (κ3) is 6.96. The first-order valence-electron chi connectivity index (χ1n) is 8.86. The van der Waals surface area contributed by atoms with Gasteiger partial charge < -0.3 is 10.6 Å². The number of carbonyl (C=O) groups is 1. The zero-order valence-corrected chi connectivity index (χ0v) is 15.1. The highest BCUT2D eigenvalue weighted by molar-refractivity contribution is 7.98. The molecule has 0 bridgehead atoms. The lowest BCUT2D eigenvalue weighted by Crippen LogP contribution is -2.27. The quantitative estimate of drug-likeness (QED) is 0.679. The fourth-order valence-electron chi connectivity index (χ4n) is 3.12. The summed E-state index contributed by atoms with van der Waals surface area (Å²) < 4.78 is 0. The Morgan fingerprint density at radius 2 is 1.96 bits per heavy atom. The van der Waals surface area contributed by atoms with Gasteiger partial charge in [0, 0.05) is 17.9 Å². The maximum atomic E-state index is 11.9. The highest BCUT2D eigenvalue weighted by Gasteiger charge is 2.12. The van der Waals surface area contributed by atoms with Gasteiger partial charge in [-0.1, -0.05) is 25.0 Å². The van der Waals surface area contributed by atoms with E-state index in [0.29, 0.717) is 0 Å². The summed E-state index contributed by atoms with van der Waals surface area (Å²) >= 11 is 1.74. The van der Waals surface area contributed by atoms with Crippen molar-refractivity contribution in [2.45, 2.75) is 38.5 Å². The summed E-state index contributed by atoms with van der Waals surface area (Å²) in [5.74, 6) is 1.93. The molecule has 1 saturated heterocycles. The summed E-state index contributed by atoms with van der Waals surface area (Å²) in [4.78, 5) is 11.9. The van der Waals surface area contributed by atoms with Crippen molar-refractivity contribution in [1.82, 2.24) is 10.6 Å². The van der Waals surface area contributed by atoms with E-state index >= 15 is 0 Å². The van der Waals surface area contributed by atoms with E-state index in [4.69, 9.17) is 0 Å². The first-order valence-corrected chi connectivity index (χ1v) is 10.3.